The molecule has 3 rings (SSSR count). The maximum absolute atomic E-state index is 5.68. The van der Waals surface area contributed by atoms with Crippen molar-refractivity contribution in [2.45, 2.75) is 24.7 Å². The van der Waals surface area contributed by atoms with Crippen molar-refractivity contribution in [1.29, 1.82) is 0 Å². The van der Waals surface area contributed by atoms with E-state index in [1.54, 1.807) is 0 Å². The van der Waals surface area contributed by atoms with Crippen LogP contribution in [0, 0.1) is 0 Å². The van der Waals surface area contributed by atoms with Crippen LogP contribution in [0.25, 0.3) is 10.9 Å². The van der Waals surface area contributed by atoms with E-state index in [-0.39, 0.29) is 0 Å². The lowest BCUT2D eigenvalue weighted by Crippen LogP contribution is -2.13. The van der Waals surface area contributed by atoms with Crippen molar-refractivity contribution in [3.8, 4) is 0 Å². The first kappa shape index (κ1) is 9.79. The third kappa shape index (κ3) is 1.50. The van der Waals surface area contributed by atoms with Crippen LogP contribution in [-0.4, -0.2) is 11.5 Å². The molecule has 2 nitrogen and oxygen atoms in total. The van der Waals surface area contributed by atoms with Crippen LogP contribution in [0.2, 0.25) is 0 Å². The van der Waals surface area contributed by atoms with E-state index in [9.17, 15) is 0 Å². The van der Waals surface area contributed by atoms with Crippen LogP contribution >= 0.6 is 0 Å². The molecule has 2 N–H and O–H groups in total. The molecule has 1 saturated carbocycles. The monoisotopic (exact) mass is 212 g/mol. The highest BCUT2D eigenvalue weighted by Gasteiger charge is 2.43. The first-order valence-electron chi connectivity index (χ1n) is 5.89. The quantitative estimate of drug-likeness (QED) is 0.849. The second kappa shape index (κ2) is 3.56. The Bertz CT molecular complexity index is 515. The summed E-state index contributed by atoms with van der Waals surface area (Å²) in [4.78, 5) is 4.53. The van der Waals surface area contributed by atoms with Gasteiger partial charge in [-0.15, -0.1) is 0 Å². The van der Waals surface area contributed by atoms with Gasteiger partial charge in [0.25, 0.3) is 0 Å². The molecule has 1 aromatic heterocycles. The molecule has 0 bridgehead atoms. The van der Waals surface area contributed by atoms with Gasteiger partial charge < -0.3 is 5.73 Å². The number of aromatic nitrogens is 1. The summed E-state index contributed by atoms with van der Waals surface area (Å²) >= 11 is 0. The van der Waals surface area contributed by atoms with Gasteiger partial charge in [0.05, 0.1) is 5.52 Å². The van der Waals surface area contributed by atoms with Crippen LogP contribution < -0.4 is 5.73 Å². The van der Waals surface area contributed by atoms with E-state index in [2.05, 4.69) is 29.2 Å². The molecular formula is C14H16N2. The van der Waals surface area contributed by atoms with Crippen LogP contribution in [0.3, 0.4) is 0 Å². The minimum Gasteiger partial charge on any atom is -0.330 e. The maximum atomic E-state index is 5.68. The SMILES string of the molecule is NCCC1(c2cnc3ccccc3c2)CC1. The molecule has 1 aromatic carbocycles. The number of pyridine rings is 1. The van der Waals surface area contributed by atoms with Crippen molar-refractivity contribution in [3.05, 3.63) is 42.1 Å². The highest BCUT2D eigenvalue weighted by atomic mass is 14.7. The maximum Gasteiger partial charge on any atom is 0.0702 e. The summed E-state index contributed by atoms with van der Waals surface area (Å²) in [6.07, 6.45) is 5.66. The second-order valence-electron chi connectivity index (χ2n) is 4.74. The lowest BCUT2D eigenvalue weighted by molar-refractivity contribution is 0.628. The number of nitrogens with zero attached hydrogens (tertiary/aromatic N) is 1. The van der Waals surface area contributed by atoms with E-state index < -0.39 is 0 Å². The second-order valence-corrected chi connectivity index (χ2v) is 4.74. The molecule has 1 heterocycles. The molecule has 0 aliphatic heterocycles. The Hall–Kier alpha value is -1.41. The molecule has 82 valence electrons. The van der Waals surface area contributed by atoms with Crippen LogP contribution in [0.1, 0.15) is 24.8 Å². The summed E-state index contributed by atoms with van der Waals surface area (Å²) in [7, 11) is 0. The Balaban J connectivity index is 2.05. The molecule has 2 heteroatoms. The molecule has 16 heavy (non-hydrogen) atoms. The fourth-order valence-corrected chi connectivity index (χ4v) is 2.47. The molecule has 0 radical (unpaired) electrons. The van der Waals surface area contributed by atoms with Gasteiger partial charge >= 0.3 is 0 Å². The van der Waals surface area contributed by atoms with Crippen LogP contribution in [-0.2, 0) is 5.41 Å². The third-order valence-electron chi connectivity index (χ3n) is 3.68. The fraction of sp³-hybridized carbons (Fsp3) is 0.357. The number of hydrogen-bond donors (Lipinski definition) is 1. The Morgan fingerprint density at radius 3 is 2.81 bits per heavy atom. The average Bonchev–Trinajstić information content (AvgIpc) is 3.10. The molecular weight excluding hydrogens is 196 g/mol. The molecule has 0 amide bonds. The summed E-state index contributed by atoms with van der Waals surface area (Å²) in [5.74, 6) is 0. The highest BCUT2D eigenvalue weighted by Crippen LogP contribution is 2.50. The number of hydrogen-bond acceptors (Lipinski definition) is 2. The van der Waals surface area contributed by atoms with E-state index in [1.165, 1.54) is 23.8 Å². The number of nitrogens with two attached hydrogens (primary N) is 1. The van der Waals surface area contributed by atoms with Crippen molar-refractivity contribution < 1.29 is 0 Å². The van der Waals surface area contributed by atoms with Gasteiger partial charge in [-0.1, -0.05) is 18.2 Å². The Morgan fingerprint density at radius 1 is 1.25 bits per heavy atom. The molecule has 2 aromatic rings. The number of fused-ring (bicyclic) bond motifs is 1. The molecule has 0 spiro atoms. The van der Waals surface area contributed by atoms with Gasteiger partial charge in [-0.25, -0.2) is 0 Å². The largest absolute Gasteiger partial charge is 0.330 e. The molecule has 1 aliphatic rings. The zero-order valence-corrected chi connectivity index (χ0v) is 9.32. The predicted molar refractivity (Wildman–Crippen MR) is 66.3 cm³/mol. The van der Waals surface area contributed by atoms with Crippen molar-refractivity contribution >= 4 is 10.9 Å². The molecule has 0 unspecified atom stereocenters. The van der Waals surface area contributed by atoms with Gasteiger partial charge in [0, 0.05) is 11.6 Å². The van der Waals surface area contributed by atoms with Gasteiger partial charge in [0.2, 0.25) is 0 Å². The fourth-order valence-electron chi connectivity index (χ4n) is 2.47. The van der Waals surface area contributed by atoms with E-state index in [0.717, 1.165) is 18.5 Å². The first-order valence-corrected chi connectivity index (χ1v) is 5.89. The van der Waals surface area contributed by atoms with Gasteiger partial charge in [0.1, 0.15) is 0 Å². The smallest absolute Gasteiger partial charge is 0.0702 e. The third-order valence-corrected chi connectivity index (χ3v) is 3.68. The van der Waals surface area contributed by atoms with Crippen molar-refractivity contribution in [1.82, 2.24) is 4.98 Å². The van der Waals surface area contributed by atoms with Gasteiger partial charge in [-0.05, 0) is 48.9 Å². The summed E-state index contributed by atoms with van der Waals surface area (Å²) in [5, 5.41) is 1.24. The summed E-state index contributed by atoms with van der Waals surface area (Å²) in [6, 6.07) is 10.6. The minimum absolute atomic E-state index is 0.353. The van der Waals surface area contributed by atoms with Crippen molar-refractivity contribution in [3.63, 3.8) is 0 Å². The van der Waals surface area contributed by atoms with Crippen LogP contribution in [0.15, 0.2) is 36.5 Å². The van der Waals surface area contributed by atoms with Gasteiger partial charge in [0.15, 0.2) is 0 Å². The van der Waals surface area contributed by atoms with Gasteiger partial charge in [-0.2, -0.15) is 0 Å². The minimum atomic E-state index is 0.353. The number of rotatable bonds is 3. The molecule has 1 fully saturated rings. The first-order chi connectivity index (χ1) is 7.84. The van der Waals surface area contributed by atoms with Crippen LogP contribution in [0.4, 0.5) is 0 Å². The van der Waals surface area contributed by atoms with Crippen molar-refractivity contribution in [2.24, 2.45) is 5.73 Å². The van der Waals surface area contributed by atoms with E-state index in [4.69, 9.17) is 5.73 Å². The van der Waals surface area contributed by atoms with Crippen LogP contribution in [0.5, 0.6) is 0 Å². The zero-order chi connectivity index (χ0) is 11.0. The lowest BCUT2D eigenvalue weighted by atomic mass is 9.93. The standard InChI is InChI=1S/C14H16N2/c15-8-7-14(5-6-14)12-9-11-3-1-2-4-13(11)16-10-12/h1-4,9-10H,5-8,15H2. The average molecular weight is 212 g/mol. The summed E-state index contributed by atoms with van der Waals surface area (Å²) < 4.78 is 0. The zero-order valence-electron chi connectivity index (χ0n) is 9.32. The van der Waals surface area contributed by atoms with Gasteiger partial charge in [-0.3, -0.25) is 4.98 Å². The summed E-state index contributed by atoms with van der Waals surface area (Å²) in [5.41, 5.74) is 8.49. The highest BCUT2D eigenvalue weighted by molar-refractivity contribution is 5.79. The normalized spacial score (nSPS) is 17.6. The Kier molecular flexibility index (Phi) is 2.18. The summed E-state index contributed by atoms with van der Waals surface area (Å²) in [6.45, 7) is 0.771. The lowest BCUT2D eigenvalue weighted by Gasteiger charge is -2.14. The Morgan fingerprint density at radius 2 is 2.06 bits per heavy atom. The van der Waals surface area contributed by atoms with E-state index in [1.807, 2.05) is 12.3 Å². The van der Waals surface area contributed by atoms with Crippen molar-refractivity contribution in [2.75, 3.05) is 6.54 Å². The topological polar surface area (TPSA) is 38.9 Å². The molecule has 0 saturated heterocycles. The van der Waals surface area contributed by atoms with E-state index >= 15 is 0 Å². The molecule has 0 atom stereocenters. The number of benzene rings is 1. The Labute approximate surface area is 95.5 Å². The predicted octanol–water partition coefficient (Wildman–Crippen LogP) is 2.62. The van der Waals surface area contributed by atoms with E-state index in [0.29, 0.717) is 5.41 Å². The molecule has 1 aliphatic carbocycles. The number of para-hydroxylation sites is 1.